The molecule has 2 aromatic heterocycles. The molecule has 0 saturated carbocycles. The quantitative estimate of drug-likeness (QED) is 0.266. The number of imide groups is 1. The van der Waals surface area contributed by atoms with Gasteiger partial charge >= 0.3 is 0 Å². The topological polar surface area (TPSA) is 54.7 Å². The molecular formula is C20H26ClN3O2S2. The summed E-state index contributed by atoms with van der Waals surface area (Å²) in [5.41, 5.74) is 0.948. The molecule has 152 valence electrons. The molecule has 0 radical (unpaired) electrons. The molecule has 0 N–H and O–H groups in total. The molecule has 0 unspecified atom stereocenters. The number of amides is 2. The van der Waals surface area contributed by atoms with Crippen LogP contribution < -0.4 is 0 Å². The average Bonchev–Trinajstić information content (AvgIpc) is 3.25. The summed E-state index contributed by atoms with van der Waals surface area (Å²) in [6.45, 7) is 2.66. The first-order valence-electron chi connectivity index (χ1n) is 9.49. The van der Waals surface area contributed by atoms with Crippen LogP contribution in [0.3, 0.4) is 0 Å². The first kappa shape index (κ1) is 22.8. The summed E-state index contributed by atoms with van der Waals surface area (Å²) in [6.07, 6.45) is 11.7. The Kier molecular flexibility index (Phi) is 9.41. The number of carbonyl (C=O) groups is 2. The van der Waals surface area contributed by atoms with E-state index >= 15 is 0 Å². The van der Waals surface area contributed by atoms with E-state index in [1.54, 1.807) is 18.0 Å². The third kappa shape index (κ3) is 5.78. The molecule has 0 bridgehead atoms. The highest BCUT2D eigenvalue weighted by Gasteiger charge is 2.34. The number of imidazole rings is 1. The second-order valence-electron chi connectivity index (χ2n) is 6.46. The van der Waals surface area contributed by atoms with Gasteiger partial charge in [0.2, 0.25) is 0 Å². The van der Waals surface area contributed by atoms with Crippen molar-refractivity contribution in [3.8, 4) is 0 Å². The summed E-state index contributed by atoms with van der Waals surface area (Å²) in [7, 11) is 0. The fourth-order valence-electron chi connectivity index (χ4n) is 2.95. The van der Waals surface area contributed by atoms with E-state index in [1.807, 2.05) is 24.4 Å². The molecule has 5 nitrogen and oxygen atoms in total. The van der Waals surface area contributed by atoms with Crippen LogP contribution in [0.4, 0.5) is 4.79 Å². The Morgan fingerprint density at radius 2 is 2.04 bits per heavy atom. The van der Waals surface area contributed by atoms with Crippen molar-refractivity contribution in [2.75, 3.05) is 12.3 Å². The van der Waals surface area contributed by atoms with Crippen molar-refractivity contribution in [3.63, 3.8) is 0 Å². The third-order valence-corrected chi connectivity index (χ3v) is 6.51. The molecule has 3 rings (SSSR count). The highest BCUT2D eigenvalue weighted by Crippen LogP contribution is 2.31. The normalized spacial score (nSPS) is 15.6. The van der Waals surface area contributed by atoms with Crippen molar-refractivity contribution < 1.29 is 9.59 Å². The fraction of sp³-hybridized carbons (Fsp3) is 0.450. The molecule has 1 aliphatic heterocycles. The van der Waals surface area contributed by atoms with Gasteiger partial charge in [-0.25, -0.2) is 4.98 Å². The molecule has 1 fully saturated rings. The number of nitrogens with zero attached hydrogens (tertiary/aromatic N) is 3. The average molecular weight is 440 g/mol. The summed E-state index contributed by atoms with van der Waals surface area (Å²) in [6, 6.07) is 6.08. The molecule has 28 heavy (non-hydrogen) atoms. The van der Waals surface area contributed by atoms with Gasteiger partial charge in [-0.05, 0) is 55.3 Å². The van der Waals surface area contributed by atoms with Crippen molar-refractivity contribution in [3.05, 3.63) is 41.6 Å². The van der Waals surface area contributed by atoms with Gasteiger partial charge < -0.3 is 0 Å². The second kappa shape index (κ2) is 11.5. The van der Waals surface area contributed by atoms with Gasteiger partial charge in [-0.2, -0.15) is 0 Å². The van der Waals surface area contributed by atoms with E-state index < -0.39 is 0 Å². The van der Waals surface area contributed by atoms with Crippen molar-refractivity contribution in [2.45, 2.75) is 50.5 Å². The van der Waals surface area contributed by atoms with E-state index in [0.29, 0.717) is 11.4 Å². The first-order valence-corrected chi connectivity index (χ1v) is 11.3. The number of hydrogen-bond acceptors (Lipinski definition) is 5. The predicted octanol–water partition coefficient (Wildman–Crippen LogP) is 5.79. The van der Waals surface area contributed by atoms with E-state index in [-0.39, 0.29) is 23.6 Å². The molecule has 0 atom stereocenters. The van der Waals surface area contributed by atoms with E-state index in [9.17, 15) is 9.59 Å². The second-order valence-corrected chi connectivity index (χ2v) is 8.57. The van der Waals surface area contributed by atoms with Gasteiger partial charge in [0.15, 0.2) is 0 Å². The smallest absolute Gasteiger partial charge is 0.293 e. The minimum Gasteiger partial charge on any atom is -0.294 e. The van der Waals surface area contributed by atoms with Gasteiger partial charge in [0.1, 0.15) is 5.65 Å². The maximum atomic E-state index is 12.4. The highest BCUT2D eigenvalue weighted by molar-refractivity contribution is 8.18. The summed E-state index contributed by atoms with van der Waals surface area (Å²) in [5, 5.41) is 1.03. The molecule has 1 aliphatic rings. The minimum atomic E-state index is -0.127. The Bertz CT molecular complexity index is 838. The van der Waals surface area contributed by atoms with Crippen LogP contribution in [0.1, 0.15) is 45.4 Å². The lowest BCUT2D eigenvalue weighted by atomic mass is 10.2. The number of aromatic nitrogens is 2. The number of unbranched alkanes of at least 4 members (excludes halogenated alkanes) is 4. The number of thioether (sulfide) groups is 2. The maximum Gasteiger partial charge on any atom is 0.293 e. The van der Waals surface area contributed by atoms with Crippen LogP contribution in [0.5, 0.6) is 0 Å². The van der Waals surface area contributed by atoms with E-state index in [1.165, 1.54) is 4.90 Å². The number of carbonyl (C=O) groups excluding carboxylic acids is 2. The number of rotatable bonds is 10. The third-order valence-electron chi connectivity index (χ3n) is 4.43. The Morgan fingerprint density at radius 1 is 1.18 bits per heavy atom. The lowest BCUT2D eigenvalue weighted by Crippen LogP contribution is -2.29. The zero-order valence-electron chi connectivity index (χ0n) is 16.0. The van der Waals surface area contributed by atoms with Gasteiger partial charge in [-0.15, -0.1) is 24.2 Å². The molecule has 0 aromatic carbocycles. The summed E-state index contributed by atoms with van der Waals surface area (Å²) in [5.74, 6) is 0.831. The van der Waals surface area contributed by atoms with Crippen LogP contribution in [0.15, 0.2) is 46.6 Å². The van der Waals surface area contributed by atoms with E-state index in [2.05, 4.69) is 22.4 Å². The van der Waals surface area contributed by atoms with Crippen LogP contribution >= 0.6 is 35.9 Å². The molecule has 1 saturated heterocycles. The van der Waals surface area contributed by atoms with Crippen molar-refractivity contribution in [1.29, 1.82) is 0 Å². The number of hydrogen-bond donors (Lipinski definition) is 0. The lowest BCUT2D eigenvalue weighted by molar-refractivity contribution is -0.122. The SMILES string of the molecule is CCCCCC=C1SC(=O)N(CCCCSc2cccc3nccn23)C1=O.Cl. The van der Waals surface area contributed by atoms with Crippen molar-refractivity contribution in [2.24, 2.45) is 0 Å². The van der Waals surface area contributed by atoms with Crippen LogP contribution in [-0.4, -0.2) is 37.7 Å². The predicted molar refractivity (Wildman–Crippen MR) is 119 cm³/mol. The molecule has 0 spiro atoms. The van der Waals surface area contributed by atoms with Gasteiger partial charge in [-0.1, -0.05) is 31.9 Å². The Hall–Kier alpha value is -1.44. The first-order chi connectivity index (χ1) is 13.2. The van der Waals surface area contributed by atoms with Crippen molar-refractivity contribution in [1.82, 2.24) is 14.3 Å². The Balaban J connectivity index is 0.00000280. The van der Waals surface area contributed by atoms with Crippen LogP contribution in [-0.2, 0) is 4.79 Å². The van der Waals surface area contributed by atoms with Gasteiger partial charge in [0, 0.05) is 18.9 Å². The van der Waals surface area contributed by atoms with E-state index in [4.69, 9.17) is 0 Å². The van der Waals surface area contributed by atoms with Gasteiger partial charge in [0.25, 0.3) is 11.1 Å². The standard InChI is InChI=1S/C20H25N3O2S2.ClH/c1-2-3-4-5-9-16-19(24)23(20(25)27-16)13-6-7-15-26-18-11-8-10-17-21-12-14-22(17)18;/h8-12,14H,2-7,13,15H2,1H3;1H. The Labute approximate surface area is 180 Å². The number of pyridine rings is 1. The van der Waals surface area contributed by atoms with E-state index in [0.717, 1.165) is 66.7 Å². The monoisotopic (exact) mass is 439 g/mol. The highest BCUT2D eigenvalue weighted by atomic mass is 35.5. The fourth-order valence-corrected chi connectivity index (χ4v) is 4.84. The van der Waals surface area contributed by atoms with Crippen LogP contribution in [0.25, 0.3) is 5.65 Å². The Morgan fingerprint density at radius 3 is 2.86 bits per heavy atom. The van der Waals surface area contributed by atoms with Crippen molar-refractivity contribution >= 4 is 52.7 Å². The summed E-state index contributed by atoms with van der Waals surface area (Å²) in [4.78, 5) is 30.8. The molecule has 3 heterocycles. The largest absolute Gasteiger partial charge is 0.294 e. The summed E-state index contributed by atoms with van der Waals surface area (Å²) < 4.78 is 2.07. The number of halogens is 1. The molecule has 2 aromatic rings. The molecule has 2 amide bonds. The van der Waals surface area contributed by atoms with Gasteiger partial charge in [0.05, 0.1) is 9.93 Å². The minimum absolute atomic E-state index is 0. The van der Waals surface area contributed by atoms with Crippen LogP contribution in [0.2, 0.25) is 0 Å². The number of fused-ring (bicyclic) bond motifs is 1. The van der Waals surface area contributed by atoms with Gasteiger partial charge in [-0.3, -0.25) is 18.9 Å². The molecular weight excluding hydrogens is 414 g/mol. The summed E-state index contributed by atoms with van der Waals surface area (Å²) >= 11 is 2.86. The zero-order valence-corrected chi connectivity index (χ0v) is 18.5. The molecule has 8 heteroatoms. The zero-order chi connectivity index (χ0) is 19.1. The van der Waals surface area contributed by atoms with Crippen LogP contribution in [0, 0.1) is 0 Å². The molecule has 0 aliphatic carbocycles. The maximum absolute atomic E-state index is 12.4. The number of allylic oxidation sites excluding steroid dienone is 1. The lowest BCUT2D eigenvalue weighted by Gasteiger charge is -2.12.